The number of carbonyl (C=O) groups excluding carboxylic acids is 7. The summed E-state index contributed by atoms with van der Waals surface area (Å²) in [5.74, 6) is -7.16. The number of benzene rings is 1. The Morgan fingerprint density at radius 3 is 1.59 bits per heavy atom. The lowest BCUT2D eigenvalue weighted by atomic mass is 9.96. The van der Waals surface area contributed by atoms with Crippen molar-refractivity contribution in [3.8, 4) is 0 Å². The molecule has 0 radical (unpaired) electrons. The number of carboxylic acid groups (broad SMARTS) is 1. The molecule has 0 bridgehead atoms. The number of amides is 7. The van der Waals surface area contributed by atoms with Crippen LogP contribution in [0.2, 0.25) is 0 Å². The molecule has 0 aliphatic carbocycles. The number of aliphatic imine (C=N–C) groups is 1. The fourth-order valence-corrected chi connectivity index (χ4v) is 6.47. The zero-order chi connectivity index (χ0) is 48.8. The van der Waals surface area contributed by atoms with E-state index in [0.717, 1.165) is 0 Å². The average Bonchev–Trinajstić information content (AvgIpc) is 3.21. The van der Waals surface area contributed by atoms with Crippen LogP contribution in [0.4, 0.5) is 0 Å². The van der Waals surface area contributed by atoms with E-state index in [2.05, 4.69) is 42.2 Å². The summed E-state index contributed by atoms with van der Waals surface area (Å²) in [4.78, 5) is 111. The second-order valence-corrected chi connectivity index (χ2v) is 17.6. The fourth-order valence-electron chi connectivity index (χ4n) is 6.47. The van der Waals surface area contributed by atoms with Gasteiger partial charge in [-0.25, -0.2) is 4.79 Å². The Morgan fingerprint density at radius 1 is 0.594 bits per heavy atom. The third-order valence-electron chi connectivity index (χ3n) is 10.4. The third-order valence-corrected chi connectivity index (χ3v) is 10.4. The molecule has 20 heteroatoms. The maximum absolute atomic E-state index is 14.2. The van der Waals surface area contributed by atoms with Crippen LogP contribution in [-0.4, -0.2) is 113 Å². The van der Waals surface area contributed by atoms with Gasteiger partial charge in [-0.05, 0) is 68.8 Å². The molecule has 1 rings (SSSR count). The minimum atomic E-state index is -1.25. The van der Waals surface area contributed by atoms with Gasteiger partial charge < -0.3 is 59.5 Å². The van der Waals surface area contributed by atoms with Gasteiger partial charge in [-0.2, -0.15) is 0 Å². The van der Waals surface area contributed by atoms with E-state index >= 15 is 0 Å². The predicted molar refractivity (Wildman–Crippen MR) is 244 cm³/mol. The minimum Gasteiger partial charge on any atom is -0.480 e. The SMILES string of the molecule is CC[C@H](C)[C@H](NC(=O)[C@H](Cc1ccccc1)NC(=O)[C@H](CC(C)C)NC(=O)[C@@H](NC(=O)[C@H](CCCN=C(N)N)NC(=O)[C@H](C)N)C(C)C)C(=O)N[C@@H](C)C(=O)N[C@@H](CC(C)C)C(=O)O. The van der Waals surface area contributed by atoms with Gasteiger partial charge >= 0.3 is 5.97 Å². The van der Waals surface area contributed by atoms with Crippen LogP contribution in [0.15, 0.2) is 35.3 Å². The number of nitrogens with zero attached hydrogens (tertiary/aromatic N) is 1. The van der Waals surface area contributed by atoms with E-state index in [1.807, 2.05) is 34.6 Å². The molecule has 0 heterocycles. The molecular formula is C44H75N11O9. The van der Waals surface area contributed by atoms with Crippen molar-refractivity contribution in [3.05, 3.63) is 35.9 Å². The maximum atomic E-state index is 14.2. The lowest BCUT2D eigenvalue weighted by molar-refractivity contribution is -0.142. The number of guanidine groups is 1. The summed E-state index contributed by atoms with van der Waals surface area (Å²) >= 11 is 0. The largest absolute Gasteiger partial charge is 0.480 e. The molecule has 64 heavy (non-hydrogen) atoms. The molecule has 20 nitrogen and oxygen atoms in total. The molecule has 1 aromatic carbocycles. The molecule has 7 amide bonds. The lowest BCUT2D eigenvalue weighted by Crippen LogP contribution is -2.61. The van der Waals surface area contributed by atoms with Crippen LogP contribution < -0.4 is 54.4 Å². The van der Waals surface area contributed by atoms with Crippen LogP contribution in [0.25, 0.3) is 0 Å². The van der Waals surface area contributed by atoms with E-state index < -0.39 is 107 Å². The molecule has 0 saturated carbocycles. The maximum Gasteiger partial charge on any atom is 0.326 e. The Labute approximate surface area is 377 Å². The van der Waals surface area contributed by atoms with Crippen LogP contribution in [-0.2, 0) is 44.8 Å². The monoisotopic (exact) mass is 902 g/mol. The Hall–Kier alpha value is -5.79. The molecule has 0 saturated heterocycles. The predicted octanol–water partition coefficient (Wildman–Crippen LogP) is -0.0777. The van der Waals surface area contributed by atoms with Crippen molar-refractivity contribution < 1.29 is 43.5 Å². The molecule has 1 aromatic rings. The molecule has 0 aliphatic rings. The van der Waals surface area contributed by atoms with Crippen molar-refractivity contribution >= 4 is 53.3 Å². The van der Waals surface area contributed by atoms with Crippen molar-refractivity contribution in [1.29, 1.82) is 0 Å². The van der Waals surface area contributed by atoms with Gasteiger partial charge in [-0.3, -0.25) is 38.6 Å². The van der Waals surface area contributed by atoms with E-state index in [9.17, 15) is 43.5 Å². The van der Waals surface area contributed by atoms with Crippen molar-refractivity contribution in [2.75, 3.05) is 6.54 Å². The van der Waals surface area contributed by atoms with Gasteiger partial charge in [0.15, 0.2) is 5.96 Å². The molecule has 0 aliphatic heterocycles. The van der Waals surface area contributed by atoms with Gasteiger partial charge in [0.2, 0.25) is 41.4 Å². The summed E-state index contributed by atoms with van der Waals surface area (Å²) in [6.07, 6.45) is 1.20. The number of carboxylic acids is 1. The fraction of sp³-hybridized carbons (Fsp3) is 0.659. The lowest BCUT2D eigenvalue weighted by Gasteiger charge is -2.30. The third kappa shape index (κ3) is 20.6. The summed E-state index contributed by atoms with van der Waals surface area (Å²) in [7, 11) is 0. The number of nitrogens with one attached hydrogen (secondary N) is 7. The highest BCUT2D eigenvalue weighted by atomic mass is 16.4. The van der Waals surface area contributed by atoms with Gasteiger partial charge in [-0.15, -0.1) is 0 Å². The first-order valence-electron chi connectivity index (χ1n) is 22.1. The van der Waals surface area contributed by atoms with Crippen LogP contribution in [0.5, 0.6) is 0 Å². The molecular weight excluding hydrogens is 827 g/mol. The zero-order valence-electron chi connectivity index (χ0n) is 39.2. The van der Waals surface area contributed by atoms with Crippen molar-refractivity contribution in [3.63, 3.8) is 0 Å². The topological polar surface area (TPSA) is 331 Å². The molecule has 0 unspecified atom stereocenters. The van der Waals surface area contributed by atoms with Gasteiger partial charge in [0, 0.05) is 13.0 Å². The number of rotatable bonds is 28. The van der Waals surface area contributed by atoms with E-state index in [1.54, 1.807) is 51.1 Å². The highest BCUT2D eigenvalue weighted by Crippen LogP contribution is 2.14. The summed E-state index contributed by atoms with van der Waals surface area (Å²) < 4.78 is 0. The Balaban J connectivity index is 3.41. The molecule has 0 aromatic heterocycles. The molecule has 14 N–H and O–H groups in total. The van der Waals surface area contributed by atoms with Gasteiger partial charge in [0.05, 0.1) is 6.04 Å². The van der Waals surface area contributed by atoms with Crippen LogP contribution in [0, 0.1) is 23.7 Å². The second-order valence-electron chi connectivity index (χ2n) is 17.6. The second kappa shape index (κ2) is 28.1. The standard InChI is InChI=1S/C44H75N11O9/c1-11-26(8)35(42(62)49-28(10)37(57)53-33(43(63)64)21-24(4)5)55-40(60)32(22-29-16-13-12-14-17-29)51-39(59)31(20-23(2)3)52-41(61)34(25(6)7)54-38(58)30(50-36(56)27(9)45)18-15-19-48-44(46)47/h12-14,16-17,23-28,30-35H,11,15,18-22,45H2,1-10H3,(H,49,62)(H,50,56)(H,51,59)(H,52,61)(H,53,57)(H,54,58)(H,55,60)(H,63,64)(H4,46,47,48)/t26-,27-,28-,30-,31-,32-,33-,34-,35-/m0/s1. The average molecular weight is 902 g/mol. The van der Waals surface area contributed by atoms with Crippen molar-refractivity contribution in [1.82, 2.24) is 37.2 Å². The van der Waals surface area contributed by atoms with Gasteiger partial charge in [0.25, 0.3) is 0 Å². The number of hydrogen-bond donors (Lipinski definition) is 11. The molecule has 360 valence electrons. The summed E-state index contributed by atoms with van der Waals surface area (Å²) in [6.45, 7) is 17.3. The van der Waals surface area contributed by atoms with E-state index in [4.69, 9.17) is 17.2 Å². The summed E-state index contributed by atoms with van der Waals surface area (Å²) in [6, 6.07) is -0.213. The van der Waals surface area contributed by atoms with Crippen LogP contribution in [0.1, 0.15) is 107 Å². The number of hydrogen-bond acceptors (Lipinski definition) is 10. The normalized spacial score (nSPS) is 15.5. The number of aliphatic carboxylic acids is 1. The molecule has 0 spiro atoms. The Morgan fingerprint density at radius 2 is 1.08 bits per heavy atom. The first-order valence-corrected chi connectivity index (χ1v) is 22.1. The molecule has 9 atom stereocenters. The molecule has 0 fully saturated rings. The number of nitrogens with two attached hydrogens (primary N) is 3. The van der Waals surface area contributed by atoms with Gasteiger partial charge in [-0.1, -0.05) is 92.1 Å². The zero-order valence-corrected chi connectivity index (χ0v) is 39.2. The van der Waals surface area contributed by atoms with Crippen LogP contribution in [0.3, 0.4) is 0 Å². The summed E-state index contributed by atoms with van der Waals surface area (Å²) in [5, 5.41) is 28.3. The van der Waals surface area contributed by atoms with E-state index in [-0.39, 0.29) is 50.0 Å². The highest BCUT2D eigenvalue weighted by molar-refractivity contribution is 5.97. The van der Waals surface area contributed by atoms with Crippen molar-refractivity contribution in [2.24, 2.45) is 45.9 Å². The van der Waals surface area contributed by atoms with E-state index in [0.29, 0.717) is 18.4 Å². The quantitative estimate of drug-likeness (QED) is 0.0299. The Kier molecular flexibility index (Phi) is 24.7. The van der Waals surface area contributed by atoms with Crippen molar-refractivity contribution in [2.45, 2.75) is 156 Å². The smallest absolute Gasteiger partial charge is 0.326 e. The minimum absolute atomic E-state index is 0.00320. The Bertz CT molecular complexity index is 1740. The first kappa shape index (κ1) is 56.2. The van der Waals surface area contributed by atoms with Gasteiger partial charge in [0.1, 0.15) is 42.3 Å². The first-order chi connectivity index (χ1) is 29.9. The van der Waals surface area contributed by atoms with E-state index in [1.165, 1.54) is 13.8 Å². The summed E-state index contributed by atoms with van der Waals surface area (Å²) in [5.41, 5.74) is 17.3. The highest BCUT2D eigenvalue weighted by Gasteiger charge is 2.36. The number of carbonyl (C=O) groups is 8. The van der Waals surface area contributed by atoms with Crippen LogP contribution >= 0.6 is 0 Å².